The molecule has 2 heterocycles. The summed E-state index contributed by atoms with van der Waals surface area (Å²) < 4.78 is 55.9. The lowest BCUT2D eigenvalue weighted by Gasteiger charge is -2.26. The van der Waals surface area contributed by atoms with Crippen LogP contribution in [0.15, 0.2) is 28.8 Å². The lowest BCUT2D eigenvalue weighted by Crippen LogP contribution is -2.36. The molecule has 0 radical (unpaired) electrons. The molecule has 1 aromatic carbocycles. The highest BCUT2D eigenvalue weighted by atomic mass is 19.4. The van der Waals surface area contributed by atoms with Crippen LogP contribution >= 0.6 is 0 Å². The van der Waals surface area contributed by atoms with E-state index in [1.165, 1.54) is 17.0 Å². The summed E-state index contributed by atoms with van der Waals surface area (Å²) in [6.07, 6.45) is -5.78. The Labute approximate surface area is 135 Å². The van der Waals surface area contributed by atoms with Crippen molar-refractivity contribution >= 4 is 5.91 Å². The second kappa shape index (κ2) is 6.26. The molecule has 0 unspecified atom stereocenters. The largest absolute Gasteiger partial charge is 0.389 e. The summed E-state index contributed by atoms with van der Waals surface area (Å²) in [6, 6.07) is 6.01. The minimum Gasteiger partial charge on any atom is -0.360 e. The molecule has 4 nitrogen and oxygen atoms in total. The van der Waals surface area contributed by atoms with Crippen LogP contribution in [0.3, 0.4) is 0 Å². The number of hydrogen-bond acceptors (Lipinski definition) is 3. The van der Waals surface area contributed by atoms with Gasteiger partial charge in [-0.3, -0.25) is 4.79 Å². The molecule has 0 atom stereocenters. The number of hydrogen-bond donors (Lipinski definition) is 0. The first-order valence-electron chi connectivity index (χ1n) is 7.42. The van der Waals surface area contributed by atoms with Crippen LogP contribution in [-0.4, -0.2) is 28.7 Å². The average Bonchev–Trinajstić information content (AvgIpc) is 2.95. The Kier molecular flexibility index (Phi) is 4.29. The van der Waals surface area contributed by atoms with Crippen LogP contribution < -0.4 is 0 Å². The summed E-state index contributed by atoms with van der Waals surface area (Å²) in [5.74, 6) is -0.527. The van der Waals surface area contributed by atoms with Crippen LogP contribution in [0.25, 0.3) is 11.3 Å². The molecular formula is C16H14F4N2O2. The maximum absolute atomic E-state index is 13.9. The lowest BCUT2D eigenvalue weighted by molar-refractivity contribution is -0.149. The molecule has 24 heavy (non-hydrogen) atoms. The molecule has 0 N–H and O–H groups in total. The first-order valence-corrected chi connectivity index (χ1v) is 7.42. The van der Waals surface area contributed by atoms with Crippen molar-refractivity contribution < 1.29 is 26.9 Å². The Morgan fingerprint density at radius 2 is 2.04 bits per heavy atom. The molecule has 0 saturated heterocycles. The zero-order valence-electron chi connectivity index (χ0n) is 12.6. The van der Waals surface area contributed by atoms with E-state index in [0.29, 0.717) is 17.7 Å². The van der Waals surface area contributed by atoms with Gasteiger partial charge in [0.05, 0.1) is 13.0 Å². The number of alkyl halides is 3. The Bertz CT molecular complexity index is 755. The van der Waals surface area contributed by atoms with Crippen LogP contribution in [0.5, 0.6) is 0 Å². The van der Waals surface area contributed by atoms with Crippen molar-refractivity contribution in [3.05, 3.63) is 41.4 Å². The van der Waals surface area contributed by atoms with Crippen molar-refractivity contribution in [1.82, 2.24) is 10.1 Å². The highest BCUT2D eigenvalue weighted by molar-refractivity contribution is 5.77. The summed E-state index contributed by atoms with van der Waals surface area (Å²) >= 11 is 0. The zero-order valence-corrected chi connectivity index (χ0v) is 12.6. The van der Waals surface area contributed by atoms with Crippen LogP contribution in [0.4, 0.5) is 17.6 Å². The smallest absolute Gasteiger partial charge is 0.360 e. The molecule has 0 aliphatic carbocycles. The second-order valence-electron chi connectivity index (χ2n) is 5.59. The minimum absolute atomic E-state index is 0.0686. The van der Waals surface area contributed by atoms with Crippen molar-refractivity contribution in [3.63, 3.8) is 0 Å². The van der Waals surface area contributed by atoms with Gasteiger partial charge in [0, 0.05) is 30.5 Å². The molecule has 1 aliphatic heterocycles. The molecular weight excluding hydrogens is 328 g/mol. The summed E-state index contributed by atoms with van der Waals surface area (Å²) in [7, 11) is 0. The highest BCUT2D eigenvalue weighted by Crippen LogP contribution is 2.32. The standard InChI is InChI=1S/C16H14F4N2O2/c17-12-4-2-1-3-10(12)15-11-9-22(8-6-13(11)24-21-15)14(23)5-7-16(18,19)20/h1-4H,5-9H2. The molecule has 1 aliphatic rings. The maximum atomic E-state index is 13.9. The molecule has 128 valence electrons. The van der Waals surface area contributed by atoms with Gasteiger partial charge in [-0.2, -0.15) is 13.2 Å². The lowest BCUT2D eigenvalue weighted by atomic mass is 10.0. The minimum atomic E-state index is -4.37. The van der Waals surface area contributed by atoms with E-state index < -0.39 is 30.7 Å². The Balaban J connectivity index is 1.79. The monoisotopic (exact) mass is 342 g/mol. The first-order chi connectivity index (χ1) is 11.3. The van der Waals surface area contributed by atoms with Crippen LogP contribution in [0.2, 0.25) is 0 Å². The molecule has 8 heteroatoms. The Morgan fingerprint density at radius 1 is 1.29 bits per heavy atom. The third-order valence-electron chi connectivity index (χ3n) is 3.93. The van der Waals surface area contributed by atoms with E-state index in [-0.39, 0.29) is 24.3 Å². The molecule has 1 amide bonds. The third-order valence-corrected chi connectivity index (χ3v) is 3.93. The molecule has 0 spiro atoms. The van der Waals surface area contributed by atoms with Crippen molar-refractivity contribution in [3.8, 4) is 11.3 Å². The molecule has 1 aromatic heterocycles. The zero-order chi connectivity index (χ0) is 17.3. The van der Waals surface area contributed by atoms with Crippen molar-refractivity contribution in [2.75, 3.05) is 6.54 Å². The van der Waals surface area contributed by atoms with E-state index in [4.69, 9.17) is 4.52 Å². The number of aromatic nitrogens is 1. The third kappa shape index (κ3) is 3.42. The SMILES string of the molecule is O=C(CCC(F)(F)F)N1CCc2onc(-c3ccccc3F)c2C1. The van der Waals surface area contributed by atoms with Crippen molar-refractivity contribution in [1.29, 1.82) is 0 Å². The van der Waals surface area contributed by atoms with Crippen LogP contribution in [0, 0.1) is 5.82 Å². The van der Waals surface area contributed by atoms with E-state index in [2.05, 4.69) is 5.16 Å². The van der Waals surface area contributed by atoms with Gasteiger partial charge in [0.15, 0.2) is 0 Å². The number of nitrogens with zero attached hydrogens (tertiary/aromatic N) is 2. The molecule has 2 aromatic rings. The second-order valence-corrected chi connectivity index (χ2v) is 5.59. The fourth-order valence-corrected chi connectivity index (χ4v) is 2.69. The van der Waals surface area contributed by atoms with Gasteiger partial charge in [0.2, 0.25) is 5.91 Å². The summed E-state index contributed by atoms with van der Waals surface area (Å²) in [5.41, 5.74) is 1.08. The summed E-state index contributed by atoms with van der Waals surface area (Å²) in [5, 5.41) is 3.87. The number of carbonyl (C=O) groups is 1. The fraction of sp³-hybridized carbons (Fsp3) is 0.375. The number of carbonyl (C=O) groups excluding carboxylic acids is 1. The Morgan fingerprint density at radius 3 is 2.75 bits per heavy atom. The number of amides is 1. The predicted molar refractivity (Wildman–Crippen MR) is 76.3 cm³/mol. The number of halogens is 4. The molecule has 0 saturated carbocycles. The van der Waals surface area contributed by atoms with Gasteiger partial charge in [-0.15, -0.1) is 0 Å². The summed E-state index contributed by atoms with van der Waals surface area (Å²) in [4.78, 5) is 13.3. The molecule has 0 bridgehead atoms. The summed E-state index contributed by atoms with van der Waals surface area (Å²) in [6.45, 7) is 0.328. The quantitative estimate of drug-likeness (QED) is 0.799. The first kappa shape index (κ1) is 16.5. The van der Waals surface area contributed by atoms with Gasteiger partial charge in [0.25, 0.3) is 0 Å². The van der Waals surface area contributed by atoms with Gasteiger partial charge in [-0.25, -0.2) is 4.39 Å². The fourth-order valence-electron chi connectivity index (χ4n) is 2.69. The molecule has 0 fully saturated rings. The van der Waals surface area contributed by atoms with Gasteiger partial charge in [0.1, 0.15) is 17.3 Å². The van der Waals surface area contributed by atoms with E-state index in [1.54, 1.807) is 12.1 Å². The van der Waals surface area contributed by atoms with Gasteiger partial charge in [-0.05, 0) is 12.1 Å². The van der Waals surface area contributed by atoms with E-state index in [1.807, 2.05) is 0 Å². The van der Waals surface area contributed by atoms with Gasteiger partial charge >= 0.3 is 6.18 Å². The molecule has 3 rings (SSSR count). The van der Waals surface area contributed by atoms with Gasteiger partial charge in [-0.1, -0.05) is 17.3 Å². The number of fused-ring (bicyclic) bond motifs is 1. The highest BCUT2D eigenvalue weighted by Gasteiger charge is 2.32. The van der Waals surface area contributed by atoms with E-state index in [9.17, 15) is 22.4 Å². The topological polar surface area (TPSA) is 46.3 Å². The van der Waals surface area contributed by atoms with Crippen molar-refractivity contribution in [2.24, 2.45) is 0 Å². The number of benzene rings is 1. The maximum Gasteiger partial charge on any atom is 0.389 e. The average molecular weight is 342 g/mol. The van der Waals surface area contributed by atoms with Crippen molar-refractivity contribution in [2.45, 2.75) is 32.0 Å². The predicted octanol–water partition coefficient (Wildman–Crippen LogP) is 3.71. The Hall–Kier alpha value is -2.38. The van der Waals surface area contributed by atoms with E-state index >= 15 is 0 Å². The normalized spacial score (nSPS) is 14.6. The van der Waals surface area contributed by atoms with Crippen LogP contribution in [0.1, 0.15) is 24.2 Å². The van der Waals surface area contributed by atoms with Gasteiger partial charge < -0.3 is 9.42 Å². The van der Waals surface area contributed by atoms with Crippen LogP contribution in [-0.2, 0) is 17.8 Å². The van der Waals surface area contributed by atoms with E-state index in [0.717, 1.165) is 0 Å². The number of rotatable bonds is 3.